The van der Waals surface area contributed by atoms with Crippen molar-refractivity contribution in [3.05, 3.63) is 23.5 Å². The first-order valence-electron chi connectivity index (χ1n) is 6.28. The van der Waals surface area contributed by atoms with Crippen LogP contribution in [-0.4, -0.2) is 30.4 Å². The van der Waals surface area contributed by atoms with Gasteiger partial charge in [-0.15, -0.1) is 0 Å². The van der Waals surface area contributed by atoms with E-state index in [1.165, 1.54) is 24.8 Å². The minimum Gasteiger partial charge on any atom is -0.495 e. The molecule has 1 saturated heterocycles. The molecule has 1 aliphatic heterocycles. The van der Waals surface area contributed by atoms with Crippen LogP contribution in [0.3, 0.4) is 0 Å². The first-order chi connectivity index (χ1) is 7.83. The van der Waals surface area contributed by atoms with Gasteiger partial charge in [0.25, 0.3) is 0 Å². The van der Waals surface area contributed by atoms with Crippen LogP contribution in [0.15, 0.2) is 23.5 Å². The number of hydrogen-bond donors (Lipinski definition) is 2. The van der Waals surface area contributed by atoms with Gasteiger partial charge in [-0.3, -0.25) is 0 Å². The topological polar surface area (TPSA) is 41.5 Å². The van der Waals surface area contributed by atoms with Crippen molar-refractivity contribution in [2.75, 3.05) is 13.1 Å². The lowest BCUT2D eigenvalue weighted by atomic mass is 9.83. The zero-order chi connectivity index (χ0) is 11.0. The number of ether oxygens (including phenoxy) is 1. The average Bonchev–Trinajstić information content (AvgIpc) is 2.24. The van der Waals surface area contributed by atoms with Gasteiger partial charge in [-0.2, -0.15) is 0 Å². The number of aliphatic hydroxyl groups excluding tert-OH is 1. The van der Waals surface area contributed by atoms with E-state index in [0.29, 0.717) is 12.6 Å². The standard InChI is InChI=1S/C13H19NO2/c15-13-8-14-7-9-4-5-11(6-12(9)13)16-10-2-1-3-10/h4-5,10,12-15H,1-3,6-8H2. The second-order valence-corrected chi connectivity index (χ2v) is 5.05. The molecule has 2 aliphatic carbocycles. The first kappa shape index (κ1) is 10.4. The summed E-state index contributed by atoms with van der Waals surface area (Å²) in [6.07, 6.45) is 8.97. The quantitative estimate of drug-likeness (QED) is 0.739. The van der Waals surface area contributed by atoms with Crippen molar-refractivity contribution in [2.45, 2.75) is 37.9 Å². The summed E-state index contributed by atoms with van der Waals surface area (Å²) in [5, 5.41) is 13.2. The Bertz CT molecular complexity index is 331. The molecule has 2 atom stereocenters. The number of piperidine rings is 1. The smallest absolute Gasteiger partial charge is 0.0982 e. The Morgan fingerprint density at radius 1 is 1.31 bits per heavy atom. The lowest BCUT2D eigenvalue weighted by molar-refractivity contribution is 0.0324. The van der Waals surface area contributed by atoms with Crippen molar-refractivity contribution in [1.82, 2.24) is 5.32 Å². The SMILES string of the molecule is OC1CNCC2=CC=C(OC3CCC3)CC21. The Kier molecular flexibility index (Phi) is 2.74. The fourth-order valence-electron chi connectivity index (χ4n) is 2.61. The van der Waals surface area contributed by atoms with E-state index >= 15 is 0 Å². The minimum absolute atomic E-state index is 0.256. The fourth-order valence-corrected chi connectivity index (χ4v) is 2.61. The highest BCUT2D eigenvalue weighted by Crippen LogP contribution is 2.33. The highest BCUT2D eigenvalue weighted by molar-refractivity contribution is 5.27. The molecule has 88 valence electrons. The van der Waals surface area contributed by atoms with E-state index in [2.05, 4.69) is 17.5 Å². The lowest BCUT2D eigenvalue weighted by Crippen LogP contribution is -2.43. The molecule has 16 heavy (non-hydrogen) atoms. The van der Waals surface area contributed by atoms with Crippen LogP contribution in [0.2, 0.25) is 0 Å². The molecule has 0 aromatic carbocycles. The van der Waals surface area contributed by atoms with Gasteiger partial charge in [-0.1, -0.05) is 11.6 Å². The van der Waals surface area contributed by atoms with Crippen LogP contribution in [0, 0.1) is 5.92 Å². The number of fused-ring (bicyclic) bond motifs is 1. The molecule has 0 radical (unpaired) electrons. The van der Waals surface area contributed by atoms with Crippen LogP contribution in [0.1, 0.15) is 25.7 Å². The van der Waals surface area contributed by atoms with Crippen LogP contribution < -0.4 is 5.32 Å². The van der Waals surface area contributed by atoms with Gasteiger partial charge >= 0.3 is 0 Å². The molecule has 2 unspecified atom stereocenters. The van der Waals surface area contributed by atoms with E-state index < -0.39 is 0 Å². The van der Waals surface area contributed by atoms with Crippen molar-refractivity contribution >= 4 is 0 Å². The van der Waals surface area contributed by atoms with Crippen LogP contribution in [0.5, 0.6) is 0 Å². The predicted octanol–water partition coefficient (Wildman–Crippen LogP) is 1.35. The maximum absolute atomic E-state index is 9.94. The maximum atomic E-state index is 9.94. The zero-order valence-electron chi connectivity index (χ0n) is 9.48. The zero-order valence-corrected chi connectivity index (χ0v) is 9.48. The molecule has 0 aromatic rings. The average molecular weight is 221 g/mol. The second kappa shape index (κ2) is 4.22. The Morgan fingerprint density at radius 2 is 2.19 bits per heavy atom. The molecule has 0 spiro atoms. The molecule has 0 bridgehead atoms. The molecule has 1 heterocycles. The Labute approximate surface area is 96.2 Å². The normalized spacial score (nSPS) is 34.6. The number of nitrogens with one attached hydrogen (secondary N) is 1. The predicted molar refractivity (Wildman–Crippen MR) is 61.9 cm³/mol. The van der Waals surface area contributed by atoms with Crippen LogP contribution in [0.4, 0.5) is 0 Å². The molecule has 1 saturated carbocycles. The Morgan fingerprint density at radius 3 is 2.94 bits per heavy atom. The monoisotopic (exact) mass is 221 g/mol. The van der Waals surface area contributed by atoms with Gasteiger partial charge in [0.1, 0.15) is 0 Å². The van der Waals surface area contributed by atoms with Crippen molar-refractivity contribution in [3.63, 3.8) is 0 Å². The van der Waals surface area contributed by atoms with Gasteiger partial charge in [-0.05, 0) is 25.3 Å². The largest absolute Gasteiger partial charge is 0.495 e. The number of aliphatic hydroxyl groups is 1. The Hall–Kier alpha value is -0.800. The summed E-state index contributed by atoms with van der Waals surface area (Å²) in [4.78, 5) is 0. The summed E-state index contributed by atoms with van der Waals surface area (Å²) in [6, 6.07) is 0. The van der Waals surface area contributed by atoms with Gasteiger partial charge in [-0.25, -0.2) is 0 Å². The van der Waals surface area contributed by atoms with Crippen molar-refractivity contribution in [3.8, 4) is 0 Å². The van der Waals surface area contributed by atoms with Crippen LogP contribution >= 0.6 is 0 Å². The summed E-state index contributed by atoms with van der Waals surface area (Å²) in [7, 11) is 0. The molecule has 3 heteroatoms. The number of allylic oxidation sites excluding steroid dienone is 3. The first-order valence-corrected chi connectivity index (χ1v) is 6.28. The maximum Gasteiger partial charge on any atom is 0.0982 e. The van der Waals surface area contributed by atoms with Crippen molar-refractivity contribution < 1.29 is 9.84 Å². The third-order valence-electron chi connectivity index (χ3n) is 3.90. The number of rotatable bonds is 2. The van der Waals surface area contributed by atoms with E-state index in [9.17, 15) is 5.11 Å². The molecule has 2 fully saturated rings. The summed E-state index contributed by atoms with van der Waals surface area (Å²) < 4.78 is 5.91. The molecular formula is C13H19NO2. The van der Waals surface area contributed by atoms with E-state index in [-0.39, 0.29) is 12.0 Å². The number of β-amino-alcohol motifs (C(OH)–C–C–N with tert-alkyl or cyclic N) is 1. The minimum atomic E-state index is -0.256. The molecule has 3 nitrogen and oxygen atoms in total. The van der Waals surface area contributed by atoms with Gasteiger partial charge in [0.2, 0.25) is 0 Å². The van der Waals surface area contributed by atoms with Crippen molar-refractivity contribution in [2.24, 2.45) is 5.92 Å². The second-order valence-electron chi connectivity index (χ2n) is 5.05. The van der Waals surface area contributed by atoms with E-state index in [1.807, 2.05) is 0 Å². The molecule has 3 rings (SSSR count). The van der Waals surface area contributed by atoms with Gasteiger partial charge in [0, 0.05) is 25.4 Å². The summed E-state index contributed by atoms with van der Waals surface area (Å²) >= 11 is 0. The molecular weight excluding hydrogens is 202 g/mol. The molecule has 2 N–H and O–H groups in total. The van der Waals surface area contributed by atoms with Gasteiger partial charge in [0.15, 0.2) is 0 Å². The third-order valence-corrected chi connectivity index (χ3v) is 3.90. The molecule has 0 amide bonds. The van der Waals surface area contributed by atoms with Crippen LogP contribution in [-0.2, 0) is 4.74 Å². The lowest BCUT2D eigenvalue weighted by Gasteiger charge is -2.36. The van der Waals surface area contributed by atoms with Gasteiger partial charge in [0.05, 0.1) is 18.0 Å². The summed E-state index contributed by atoms with van der Waals surface area (Å²) in [6.45, 7) is 1.62. The summed E-state index contributed by atoms with van der Waals surface area (Å²) in [5.74, 6) is 1.35. The van der Waals surface area contributed by atoms with E-state index in [1.54, 1.807) is 0 Å². The van der Waals surface area contributed by atoms with E-state index in [0.717, 1.165) is 18.7 Å². The van der Waals surface area contributed by atoms with Crippen molar-refractivity contribution in [1.29, 1.82) is 0 Å². The summed E-state index contributed by atoms with van der Waals surface area (Å²) in [5.41, 5.74) is 1.32. The Balaban J connectivity index is 1.68. The number of hydrogen-bond acceptors (Lipinski definition) is 3. The van der Waals surface area contributed by atoms with Crippen LogP contribution in [0.25, 0.3) is 0 Å². The highest BCUT2D eigenvalue weighted by Gasteiger charge is 2.31. The third kappa shape index (κ3) is 1.89. The highest BCUT2D eigenvalue weighted by atomic mass is 16.5. The molecule has 3 aliphatic rings. The fraction of sp³-hybridized carbons (Fsp3) is 0.692. The molecule has 0 aromatic heterocycles. The van der Waals surface area contributed by atoms with Gasteiger partial charge < -0.3 is 15.2 Å². The van der Waals surface area contributed by atoms with E-state index in [4.69, 9.17) is 4.74 Å².